The lowest BCUT2D eigenvalue weighted by Gasteiger charge is -2.16. The number of amides is 2. The molecular formula is C16H17N5O2. The van der Waals surface area contributed by atoms with Crippen LogP contribution in [-0.2, 0) is 0 Å². The van der Waals surface area contributed by atoms with Crippen LogP contribution in [0.2, 0.25) is 0 Å². The summed E-state index contributed by atoms with van der Waals surface area (Å²) in [5.74, 6) is 0.963. The Kier molecular flexibility index (Phi) is 4.09. The molecule has 7 heteroatoms. The lowest BCUT2D eigenvalue weighted by atomic mass is 10.1. The van der Waals surface area contributed by atoms with Crippen LogP contribution in [0.1, 0.15) is 24.4 Å². The van der Waals surface area contributed by atoms with E-state index < -0.39 is 6.03 Å². The first-order chi connectivity index (χ1) is 11.1. The van der Waals surface area contributed by atoms with Crippen molar-refractivity contribution < 1.29 is 9.21 Å². The van der Waals surface area contributed by atoms with Crippen LogP contribution in [-0.4, -0.2) is 20.6 Å². The van der Waals surface area contributed by atoms with Gasteiger partial charge in [0.05, 0.1) is 12.2 Å². The minimum atomic E-state index is -0.404. The number of urea groups is 1. The molecule has 0 saturated heterocycles. The summed E-state index contributed by atoms with van der Waals surface area (Å²) in [4.78, 5) is 19.9. The van der Waals surface area contributed by atoms with Gasteiger partial charge in [0.1, 0.15) is 12.1 Å². The largest absolute Gasteiger partial charge is 0.432 e. The summed E-state index contributed by atoms with van der Waals surface area (Å²) in [5.41, 5.74) is 1.82. The van der Waals surface area contributed by atoms with E-state index in [1.54, 1.807) is 6.20 Å². The lowest BCUT2D eigenvalue weighted by Crippen LogP contribution is -2.19. The summed E-state index contributed by atoms with van der Waals surface area (Å²) >= 11 is 0. The van der Waals surface area contributed by atoms with E-state index in [2.05, 4.69) is 32.1 Å². The van der Waals surface area contributed by atoms with E-state index in [4.69, 9.17) is 4.42 Å². The lowest BCUT2D eigenvalue weighted by molar-refractivity contribution is 0.261. The van der Waals surface area contributed by atoms with Crippen LogP contribution in [0.25, 0.3) is 0 Å². The van der Waals surface area contributed by atoms with Crippen molar-refractivity contribution in [3.8, 4) is 0 Å². The molecule has 0 aliphatic heterocycles. The molecule has 1 atom stereocenters. The SMILES string of the molecule is Cc1nccn1[C@H](C)c1ccc(NC(=O)Nc2ncco2)cc1. The van der Waals surface area contributed by atoms with E-state index in [1.165, 1.54) is 12.5 Å². The molecule has 0 spiro atoms. The predicted molar refractivity (Wildman–Crippen MR) is 86.4 cm³/mol. The van der Waals surface area contributed by atoms with Gasteiger partial charge in [-0.1, -0.05) is 12.1 Å². The van der Waals surface area contributed by atoms with Gasteiger partial charge in [0.25, 0.3) is 0 Å². The summed E-state index contributed by atoms with van der Waals surface area (Å²) < 4.78 is 7.05. The molecule has 118 valence electrons. The van der Waals surface area contributed by atoms with E-state index in [9.17, 15) is 4.79 Å². The van der Waals surface area contributed by atoms with E-state index >= 15 is 0 Å². The van der Waals surface area contributed by atoms with Gasteiger partial charge in [-0.05, 0) is 31.5 Å². The first-order valence-corrected chi connectivity index (χ1v) is 7.20. The number of carbonyl (C=O) groups excluding carboxylic acids is 1. The van der Waals surface area contributed by atoms with Crippen LogP contribution >= 0.6 is 0 Å². The van der Waals surface area contributed by atoms with Crippen LogP contribution in [0, 0.1) is 6.92 Å². The molecule has 0 aliphatic rings. The molecule has 0 bridgehead atoms. The number of carbonyl (C=O) groups is 1. The quantitative estimate of drug-likeness (QED) is 0.773. The molecule has 0 radical (unpaired) electrons. The molecule has 0 saturated carbocycles. The van der Waals surface area contributed by atoms with Crippen molar-refractivity contribution >= 4 is 17.7 Å². The number of nitrogens with one attached hydrogen (secondary N) is 2. The maximum absolute atomic E-state index is 11.8. The summed E-state index contributed by atoms with van der Waals surface area (Å²) in [5, 5.41) is 5.22. The summed E-state index contributed by atoms with van der Waals surface area (Å²) in [7, 11) is 0. The van der Waals surface area contributed by atoms with Gasteiger partial charge in [0, 0.05) is 18.1 Å². The van der Waals surface area contributed by atoms with E-state index in [0.29, 0.717) is 5.69 Å². The molecule has 2 aromatic heterocycles. The number of rotatable bonds is 4. The van der Waals surface area contributed by atoms with Crippen LogP contribution in [0.15, 0.2) is 53.5 Å². The summed E-state index contributed by atoms with van der Waals surface area (Å²) in [6.45, 7) is 4.08. The van der Waals surface area contributed by atoms with Crippen molar-refractivity contribution in [3.05, 3.63) is 60.5 Å². The molecule has 1 aromatic carbocycles. The number of anilines is 2. The number of hydrogen-bond donors (Lipinski definition) is 2. The van der Waals surface area contributed by atoms with Gasteiger partial charge >= 0.3 is 12.0 Å². The smallest absolute Gasteiger partial charge is 0.327 e. The highest BCUT2D eigenvalue weighted by Crippen LogP contribution is 2.21. The van der Waals surface area contributed by atoms with Gasteiger partial charge in [-0.3, -0.25) is 5.32 Å². The van der Waals surface area contributed by atoms with Gasteiger partial charge < -0.3 is 14.3 Å². The first kappa shape index (κ1) is 14.8. The normalized spacial score (nSPS) is 11.9. The Balaban J connectivity index is 1.65. The Morgan fingerprint density at radius 3 is 2.57 bits per heavy atom. The maximum atomic E-state index is 11.8. The van der Waals surface area contributed by atoms with Crippen molar-refractivity contribution in [2.24, 2.45) is 0 Å². The second kappa shape index (κ2) is 6.35. The van der Waals surface area contributed by atoms with Gasteiger partial charge in [0.2, 0.25) is 0 Å². The molecule has 0 fully saturated rings. The van der Waals surface area contributed by atoms with Crippen molar-refractivity contribution in [3.63, 3.8) is 0 Å². The number of oxazole rings is 1. The minimum absolute atomic E-state index is 0.156. The van der Waals surface area contributed by atoms with E-state index in [1.807, 2.05) is 37.4 Å². The Labute approximate surface area is 133 Å². The average Bonchev–Trinajstić information content (AvgIpc) is 3.19. The average molecular weight is 311 g/mol. The van der Waals surface area contributed by atoms with Crippen molar-refractivity contribution in [1.29, 1.82) is 0 Å². The molecule has 7 nitrogen and oxygen atoms in total. The zero-order chi connectivity index (χ0) is 16.2. The monoisotopic (exact) mass is 311 g/mol. The van der Waals surface area contributed by atoms with Crippen molar-refractivity contribution in [1.82, 2.24) is 14.5 Å². The molecule has 2 heterocycles. The number of nitrogens with zero attached hydrogens (tertiary/aromatic N) is 3. The fourth-order valence-electron chi connectivity index (χ4n) is 2.35. The third-order valence-electron chi connectivity index (χ3n) is 3.58. The molecule has 3 aromatic rings. The Morgan fingerprint density at radius 1 is 1.17 bits per heavy atom. The third kappa shape index (κ3) is 3.39. The number of aryl methyl sites for hydroxylation is 1. The van der Waals surface area contributed by atoms with Crippen molar-refractivity contribution in [2.45, 2.75) is 19.9 Å². The highest BCUT2D eigenvalue weighted by Gasteiger charge is 2.10. The van der Waals surface area contributed by atoms with Gasteiger partial charge in [-0.2, -0.15) is 0 Å². The molecule has 2 N–H and O–H groups in total. The Hall–Kier alpha value is -3.09. The van der Waals surface area contributed by atoms with Crippen LogP contribution in [0.4, 0.5) is 16.5 Å². The van der Waals surface area contributed by atoms with E-state index in [-0.39, 0.29) is 12.1 Å². The van der Waals surface area contributed by atoms with E-state index in [0.717, 1.165) is 11.4 Å². The standard InChI is InChI=1S/C16H17N5O2/c1-11(21-9-7-17-12(21)2)13-3-5-14(6-4-13)19-15(22)20-16-18-8-10-23-16/h3-11H,1-2H3,(H2,18,19,20,22)/t11-/m1/s1. The second-order valence-electron chi connectivity index (χ2n) is 5.10. The van der Waals surface area contributed by atoms with Gasteiger partial charge in [-0.15, -0.1) is 0 Å². The number of benzene rings is 1. The number of imidazole rings is 1. The predicted octanol–water partition coefficient (Wildman–Crippen LogP) is 3.43. The second-order valence-corrected chi connectivity index (χ2v) is 5.10. The maximum Gasteiger partial charge on any atom is 0.327 e. The fraction of sp³-hybridized carbons (Fsp3) is 0.188. The van der Waals surface area contributed by atoms with Crippen LogP contribution < -0.4 is 10.6 Å². The zero-order valence-corrected chi connectivity index (χ0v) is 12.9. The number of hydrogen-bond acceptors (Lipinski definition) is 4. The highest BCUT2D eigenvalue weighted by atomic mass is 16.4. The molecule has 0 aliphatic carbocycles. The van der Waals surface area contributed by atoms with Gasteiger partial charge in [0.15, 0.2) is 0 Å². The summed E-state index contributed by atoms with van der Waals surface area (Å²) in [6.07, 6.45) is 6.60. The third-order valence-corrected chi connectivity index (χ3v) is 3.58. The minimum Gasteiger partial charge on any atom is -0.432 e. The van der Waals surface area contributed by atoms with Crippen molar-refractivity contribution in [2.75, 3.05) is 10.6 Å². The Bertz CT molecular complexity index is 777. The van der Waals surface area contributed by atoms with Crippen LogP contribution in [0.5, 0.6) is 0 Å². The van der Waals surface area contributed by atoms with Crippen LogP contribution in [0.3, 0.4) is 0 Å². The Morgan fingerprint density at radius 2 is 1.96 bits per heavy atom. The zero-order valence-electron chi connectivity index (χ0n) is 12.9. The fourth-order valence-corrected chi connectivity index (χ4v) is 2.35. The molecule has 2 amide bonds. The summed E-state index contributed by atoms with van der Waals surface area (Å²) in [6, 6.07) is 7.59. The number of aromatic nitrogens is 3. The molecule has 23 heavy (non-hydrogen) atoms. The molecular weight excluding hydrogens is 294 g/mol. The molecule has 0 unspecified atom stereocenters. The van der Waals surface area contributed by atoms with Gasteiger partial charge in [-0.25, -0.2) is 14.8 Å². The molecule has 3 rings (SSSR count). The highest BCUT2D eigenvalue weighted by molar-refractivity contribution is 5.98. The topological polar surface area (TPSA) is 85.0 Å². The first-order valence-electron chi connectivity index (χ1n) is 7.20.